The van der Waals surface area contributed by atoms with Crippen molar-refractivity contribution < 1.29 is 5.11 Å². The van der Waals surface area contributed by atoms with E-state index in [1.54, 1.807) is 0 Å². The molecule has 0 aliphatic heterocycles. The van der Waals surface area contributed by atoms with Crippen molar-refractivity contribution in [1.82, 2.24) is 4.57 Å². The van der Waals surface area contributed by atoms with Gasteiger partial charge in [0, 0.05) is 21.4 Å². The quantitative estimate of drug-likeness (QED) is 0.593. The number of aromatic nitrogens is 1. The highest BCUT2D eigenvalue weighted by molar-refractivity contribution is 9.10. The van der Waals surface area contributed by atoms with Gasteiger partial charge in [-0.2, -0.15) is 0 Å². The molecule has 114 valence electrons. The van der Waals surface area contributed by atoms with Crippen LogP contribution < -0.4 is 0 Å². The monoisotopic (exact) mass is 357 g/mol. The minimum atomic E-state index is 0.0639. The minimum Gasteiger partial charge on any atom is -0.494 e. The molecule has 1 heterocycles. The van der Waals surface area contributed by atoms with Crippen LogP contribution in [-0.2, 0) is 5.41 Å². The molecule has 0 aliphatic carbocycles. The van der Waals surface area contributed by atoms with Crippen molar-refractivity contribution in [2.75, 3.05) is 0 Å². The van der Waals surface area contributed by atoms with Crippen molar-refractivity contribution in [3.8, 4) is 11.6 Å². The van der Waals surface area contributed by atoms with E-state index in [1.807, 2.05) is 35.9 Å². The molecular weight excluding hydrogens is 338 g/mol. The van der Waals surface area contributed by atoms with Gasteiger partial charge in [-0.05, 0) is 41.7 Å². The van der Waals surface area contributed by atoms with Gasteiger partial charge in [0.25, 0.3) is 0 Å². The van der Waals surface area contributed by atoms with Crippen LogP contribution in [0.25, 0.3) is 16.5 Å². The van der Waals surface area contributed by atoms with Gasteiger partial charge in [-0.25, -0.2) is 0 Å². The van der Waals surface area contributed by atoms with Crippen LogP contribution in [0.1, 0.15) is 31.9 Å². The summed E-state index contributed by atoms with van der Waals surface area (Å²) in [5.41, 5.74) is 3.38. The lowest BCUT2D eigenvalue weighted by Gasteiger charge is -2.18. The summed E-state index contributed by atoms with van der Waals surface area (Å²) in [6.07, 6.45) is 1.99. The number of hydrogen-bond acceptors (Lipinski definition) is 1. The first kappa shape index (κ1) is 15.2. The van der Waals surface area contributed by atoms with Gasteiger partial charge in [0.15, 0.2) is 0 Å². The van der Waals surface area contributed by atoms with E-state index in [4.69, 9.17) is 0 Å². The lowest BCUT2D eigenvalue weighted by molar-refractivity contribution is 0.448. The summed E-state index contributed by atoms with van der Waals surface area (Å²) >= 11 is 3.55. The molecule has 0 spiro atoms. The van der Waals surface area contributed by atoms with Gasteiger partial charge in [0.1, 0.15) is 0 Å². The Labute approximate surface area is 139 Å². The third kappa shape index (κ3) is 2.44. The molecule has 0 radical (unpaired) electrons. The second-order valence-electron chi connectivity index (χ2n) is 6.76. The van der Waals surface area contributed by atoms with E-state index >= 15 is 0 Å². The highest BCUT2D eigenvalue weighted by Gasteiger charge is 2.17. The molecule has 3 rings (SSSR count). The second kappa shape index (κ2) is 5.17. The molecule has 0 saturated heterocycles. The number of nitrogens with zero attached hydrogens (tertiary/aromatic N) is 1. The van der Waals surface area contributed by atoms with Crippen molar-refractivity contribution >= 4 is 26.7 Å². The molecule has 0 atom stereocenters. The van der Waals surface area contributed by atoms with E-state index in [9.17, 15) is 5.11 Å². The molecule has 2 aromatic carbocycles. The van der Waals surface area contributed by atoms with Crippen molar-refractivity contribution in [2.45, 2.75) is 33.1 Å². The Balaban J connectivity index is 2.25. The summed E-state index contributed by atoms with van der Waals surface area (Å²) in [5.74, 6) is 0.294. The molecule has 3 heteroatoms. The number of fused-ring (bicyclic) bond motifs is 1. The first-order valence-corrected chi connectivity index (χ1v) is 8.18. The second-order valence-corrected chi connectivity index (χ2v) is 7.61. The highest BCUT2D eigenvalue weighted by atomic mass is 79.9. The molecule has 0 bridgehead atoms. The van der Waals surface area contributed by atoms with E-state index in [-0.39, 0.29) is 5.41 Å². The number of aromatic hydroxyl groups is 1. The Morgan fingerprint density at radius 1 is 1.09 bits per heavy atom. The van der Waals surface area contributed by atoms with Crippen molar-refractivity contribution in [3.63, 3.8) is 0 Å². The number of rotatable bonds is 1. The predicted octanol–water partition coefficient (Wildman–Crippen LogP) is 5.70. The molecule has 0 amide bonds. The molecule has 22 heavy (non-hydrogen) atoms. The van der Waals surface area contributed by atoms with Crippen LogP contribution in [0, 0.1) is 6.92 Å². The van der Waals surface area contributed by atoms with Crippen molar-refractivity contribution in [2.24, 2.45) is 0 Å². The van der Waals surface area contributed by atoms with Crippen LogP contribution in [0.15, 0.2) is 47.1 Å². The van der Waals surface area contributed by atoms with Crippen LogP contribution in [-0.4, -0.2) is 9.67 Å². The third-order valence-electron chi connectivity index (χ3n) is 4.16. The zero-order valence-corrected chi connectivity index (χ0v) is 14.9. The predicted molar refractivity (Wildman–Crippen MR) is 96.1 cm³/mol. The maximum Gasteiger partial charge on any atom is 0.203 e. The third-order valence-corrected chi connectivity index (χ3v) is 5.01. The number of halogens is 1. The molecule has 0 aliphatic rings. The normalized spacial score (nSPS) is 12.0. The van der Waals surface area contributed by atoms with Gasteiger partial charge in [-0.3, -0.25) is 4.57 Å². The molecule has 1 aromatic heterocycles. The molecular formula is C19H20BrNO. The van der Waals surface area contributed by atoms with Gasteiger partial charge in [0.2, 0.25) is 5.88 Å². The Hall–Kier alpha value is -1.74. The van der Waals surface area contributed by atoms with Crippen LogP contribution in [0.4, 0.5) is 0 Å². The minimum absolute atomic E-state index is 0.0639. The Morgan fingerprint density at radius 3 is 2.50 bits per heavy atom. The first-order valence-electron chi connectivity index (χ1n) is 7.39. The Morgan fingerprint density at radius 2 is 1.82 bits per heavy atom. The Bertz CT molecular complexity index is 856. The lowest BCUT2D eigenvalue weighted by atomic mass is 9.86. The van der Waals surface area contributed by atoms with Crippen molar-refractivity contribution in [3.05, 3.63) is 58.2 Å². The maximum absolute atomic E-state index is 10.7. The molecule has 0 unspecified atom stereocenters. The Kier molecular flexibility index (Phi) is 3.56. The molecule has 2 nitrogen and oxygen atoms in total. The van der Waals surface area contributed by atoms with Gasteiger partial charge in [-0.15, -0.1) is 0 Å². The largest absolute Gasteiger partial charge is 0.494 e. The lowest BCUT2D eigenvalue weighted by Crippen LogP contribution is -2.10. The zero-order valence-electron chi connectivity index (χ0n) is 13.3. The maximum atomic E-state index is 10.7. The smallest absolute Gasteiger partial charge is 0.203 e. The van der Waals surface area contributed by atoms with Crippen LogP contribution in [0.5, 0.6) is 5.88 Å². The fourth-order valence-corrected chi connectivity index (χ4v) is 3.06. The first-order chi connectivity index (χ1) is 10.3. The number of hydrogen-bond donors (Lipinski definition) is 1. The van der Waals surface area contributed by atoms with Gasteiger partial charge in [0.05, 0.1) is 5.69 Å². The summed E-state index contributed by atoms with van der Waals surface area (Å²) in [7, 11) is 0. The van der Waals surface area contributed by atoms with Gasteiger partial charge >= 0.3 is 0 Å². The topological polar surface area (TPSA) is 25.2 Å². The van der Waals surface area contributed by atoms with E-state index in [2.05, 4.69) is 54.9 Å². The molecule has 0 saturated carbocycles. The summed E-state index contributed by atoms with van der Waals surface area (Å²) in [6.45, 7) is 8.59. The van der Waals surface area contributed by atoms with Crippen molar-refractivity contribution in [1.29, 1.82) is 0 Å². The van der Waals surface area contributed by atoms with E-state index in [1.165, 1.54) is 5.56 Å². The van der Waals surface area contributed by atoms with E-state index in [0.29, 0.717) is 5.88 Å². The van der Waals surface area contributed by atoms with Crippen LogP contribution >= 0.6 is 15.9 Å². The standard InChI is InChI=1S/C19H20BrNO/c1-12-16(20)6-5-7-17(12)21-11-13-8-9-14(19(2,3)4)10-15(13)18(21)22/h5-11,22H,1-4H3. The van der Waals surface area contributed by atoms with Crippen LogP contribution in [0.2, 0.25) is 0 Å². The average Bonchev–Trinajstić information content (AvgIpc) is 2.78. The molecule has 0 fully saturated rings. The summed E-state index contributed by atoms with van der Waals surface area (Å²) in [6, 6.07) is 12.3. The zero-order chi connectivity index (χ0) is 16.1. The molecule has 3 aromatic rings. The SMILES string of the molecule is Cc1c(Br)cccc1-n1cc2ccc(C(C)(C)C)cc2c1O. The van der Waals surface area contributed by atoms with Crippen LogP contribution in [0.3, 0.4) is 0 Å². The summed E-state index contributed by atoms with van der Waals surface area (Å²) in [4.78, 5) is 0. The summed E-state index contributed by atoms with van der Waals surface area (Å²) in [5, 5.41) is 12.6. The fraction of sp³-hybridized carbons (Fsp3) is 0.263. The van der Waals surface area contributed by atoms with E-state index < -0.39 is 0 Å². The van der Waals surface area contributed by atoms with Gasteiger partial charge in [-0.1, -0.05) is 54.9 Å². The fourth-order valence-electron chi connectivity index (χ4n) is 2.70. The average molecular weight is 358 g/mol. The highest BCUT2D eigenvalue weighted by Crippen LogP contribution is 2.35. The summed E-state index contributed by atoms with van der Waals surface area (Å²) < 4.78 is 2.90. The van der Waals surface area contributed by atoms with E-state index in [0.717, 1.165) is 26.5 Å². The number of benzene rings is 2. The molecule has 1 N–H and O–H groups in total. The van der Waals surface area contributed by atoms with Gasteiger partial charge < -0.3 is 5.11 Å².